The summed E-state index contributed by atoms with van der Waals surface area (Å²) < 4.78 is 39.7. The molecule has 0 aliphatic rings. The maximum absolute atomic E-state index is 13.2. The number of benzene rings is 3. The van der Waals surface area contributed by atoms with E-state index in [1.54, 1.807) is 12.1 Å². The van der Waals surface area contributed by atoms with Crippen molar-refractivity contribution in [2.24, 2.45) is 0 Å². The Balaban J connectivity index is 2.22. The summed E-state index contributed by atoms with van der Waals surface area (Å²) in [6.07, 6.45) is -4.34. The van der Waals surface area contributed by atoms with E-state index in [2.05, 4.69) is 56.9 Å². The largest absolute Gasteiger partial charge is 0.416 e. The fourth-order valence-electron chi connectivity index (χ4n) is 4.07. The van der Waals surface area contributed by atoms with Gasteiger partial charge < -0.3 is 0 Å². The van der Waals surface area contributed by atoms with E-state index in [0.717, 1.165) is 5.56 Å². The van der Waals surface area contributed by atoms with Gasteiger partial charge in [0.15, 0.2) is 0 Å². The highest BCUT2D eigenvalue weighted by atomic mass is 31.1. The lowest BCUT2D eigenvalue weighted by atomic mass is 10.1. The minimum Gasteiger partial charge on any atom is -0.287 e. The molecule has 1 unspecified atom stereocenters. The molecule has 5 heteroatoms. The maximum Gasteiger partial charge on any atom is 0.416 e. The third-order valence-corrected chi connectivity index (χ3v) is 8.09. The SMILES string of the molecule is CC(C)N(C(C)C)C(c1ccc(C(F)(F)F)cc1)P(c1ccccc1)c1ccccc1. The molecule has 3 rings (SSSR count). The molecule has 0 N–H and O–H groups in total. The fraction of sp³-hybridized carbons (Fsp3) is 0.308. The Morgan fingerprint density at radius 1 is 0.645 bits per heavy atom. The van der Waals surface area contributed by atoms with Gasteiger partial charge in [-0.3, -0.25) is 4.90 Å². The van der Waals surface area contributed by atoms with Crippen molar-refractivity contribution in [2.75, 3.05) is 0 Å². The van der Waals surface area contributed by atoms with Gasteiger partial charge in [-0.1, -0.05) is 72.8 Å². The number of rotatable bonds is 7. The van der Waals surface area contributed by atoms with Crippen LogP contribution in [0.5, 0.6) is 0 Å². The summed E-state index contributed by atoms with van der Waals surface area (Å²) in [5, 5.41) is 2.42. The number of hydrogen-bond acceptors (Lipinski definition) is 1. The van der Waals surface area contributed by atoms with Gasteiger partial charge in [0.05, 0.1) is 11.3 Å². The zero-order valence-corrected chi connectivity index (χ0v) is 19.2. The molecule has 0 fully saturated rings. The molecule has 31 heavy (non-hydrogen) atoms. The molecule has 0 saturated heterocycles. The van der Waals surface area contributed by atoms with Gasteiger partial charge in [0.25, 0.3) is 0 Å². The molecule has 0 aliphatic heterocycles. The molecular weight excluding hydrogens is 414 g/mol. The first kappa shape index (κ1) is 23.5. The molecule has 0 aromatic heterocycles. The standard InChI is InChI=1S/C26H29F3NP/c1-19(2)30(20(3)4)25(21-15-17-22(18-16-21)26(27,28)29)31(23-11-7-5-8-12-23)24-13-9-6-10-14-24/h5-20,25H,1-4H3. The number of halogens is 3. The van der Waals surface area contributed by atoms with Crippen LogP contribution in [0.2, 0.25) is 0 Å². The third kappa shape index (κ3) is 5.56. The van der Waals surface area contributed by atoms with Crippen molar-refractivity contribution in [2.45, 2.75) is 51.7 Å². The van der Waals surface area contributed by atoms with E-state index in [9.17, 15) is 13.2 Å². The Labute approximate surface area is 184 Å². The fourth-order valence-corrected chi connectivity index (χ4v) is 7.19. The Bertz CT molecular complexity index is 890. The summed E-state index contributed by atoms with van der Waals surface area (Å²) >= 11 is 0. The molecule has 3 aromatic rings. The summed E-state index contributed by atoms with van der Waals surface area (Å²) in [5.41, 5.74) is 0.300. The van der Waals surface area contributed by atoms with Gasteiger partial charge in [0.2, 0.25) is 0 Å². The van der Waals surface area contributed by atoms with E-state index in [-0.39, 0.29) is 17.9 Å². The number of hydrogen-bond donors (Lipinski definition) is 0. The van der Waals surface area contributed by atoms with Crippen molar-refractivity contribution in [3.05, 3.63) is 96.1 Å². The first-order chi connectivity index (χ1) is 14.7. The van der Waals surface area contributed by atoms with Crippen molar-refractivity contribution < 1.29 is 13.2 Å². The summed E-state index contributed by atoms with van der Waals surface area (Å²) in [6, 6.07) is 26.9. The van der Waals surface area contributed by atoms with Crippen LogP contribution in [0.3, 0.4) is 0 Å². The molecule has 0 heterocycles. The molecule has 1 nitrogen and oxygen atoms in total. The third-order valence-electron chi connectivity index (χ3n) is 5.32. The summed E-state index contributed by atoms with van der Waals surface area (Å²) in [6.45, 7) is 8.61. The molecule has 0 aliphatic carbocycles. The first-order valence-corrected chi connectivity index (χ1v) is 11.9. The van der Waals surface area contributed by atoms with Crippen molar-refractivity contribution >= 4 is 18.5 Å². The van der Waals surface area contributed by atoms with Crippen LogP contribution >= 0.6 is 7.92 Å². The van der Waals surface area contributed by atoms with Crippen molar-refractivity contribution in [1.29, 1.82) is 0 Å². The van der Waals surface area contributed by atoms with E-state index in [1.165, 1.54) is 22.7 Å². The predicted octanol–water partition coefficient (Wildman–Crippen LogP) is 6.96. The smallest absolute Gasteiger partial charge is 0.287 e. The number of nitrogens with zero attached hydrogens (tertiary/aromatic N) is 1. The van der Waals surface area contributed by atoms with Gasteiger partial charge in [-0.2, -0.15) is 13.2 Å². The number of alkyl halides is 3. The summed E-state index contributed by atoms with van der Waals surface area (Å²) in [7, 11) is -0.888. The highest BCUT2D eigenvalue weighted by Gasteiger charge is 2.35. The minimum atomic E-state index is -4.34. The zero-order chi connectivity index (χ0) is 22.6. The molecule has 0 amide bonds. The summed E-state index contributed by atoms with van der Waals surface area (Å²) in [4.78, 5) is 2.42. The van der Waals surface area contributed by atoms with Crippen molar-refractivity contribution in [1.82, 2.24) is 4.90 Å². The maximum atomic E-state index is 13.2. The van der Waals surface area contributed by atoms with Crippen LogP contribution in [-0.2, 0) is 6.18 Å². The predicted molar refractivity (Wildman–Crippen MR) is 125 cm³/mol. The molecule has 0 bridgehead atoms. The van der Waals surface area contributed by atoms with Gasteiger partial charge in [0.1, 0.15) is 0 Å². The van der Waals surface area contributed by atoms with Gasteiger partial charge >= 0.3 is 6.18 Å². The molecule has 0 radical (unpaired) electrons. The Kier molecular flexibility index (Phi) is 7.56. The van der Waals surface area contributed by atoms with E-state index in [1.807, 2.05) is 36.4 Å². The second-order valence-corrected chi connectivity index (χ2v) is 10.4. The van der Waals surface area contributed by atoms with Crippen LogP contribution in [0.1, 0.15) is 44.6 Å². The van der Waals surface area contributed by atoms with Crippen LogP contribution in [0.25, 0.3) is 0 Å². The molecule has 164 valence electrons. The van der Waals surface area contributed by atoms with E-state index in [0.29, 0.717) is 0 Å². The van der Waals surface area contributed by atoms with E-state index < -0.39 is 19.7 Å². The van der Waals surface area contributed by atoms with Crippen LogP contribution in [0, 0.1) is 0 Å². The molecular formula is C26H29F3NP. The second-order valence-electron chi connectivity index (χ2n) is 8.17. The van der Waals surface area contributed by atoms with Gasteiger partial charge in [-0.05, 0) is 63.9 Å². The molecule has 3 aromatic carbocycles. The molecule has 0 spiro atoms. The van der Waals surface area contributed by atoms with Crippen LogP contribution < -0.4 is 10.6 Å². The molecule has 1 atom stereocenters. The lowest BCUT2D eigenvalue weighted by Gasteiger charge is -2.43. The monoisotopic (exact) mass is 443 g/mol. The lowest BCUT2D eigenvalue weighted by molar-refractivity contribution is -0.137. The van der Waals surface area contributed by atoms with E-state index >= 15 is 0 Å². The van der Waals surface area contributed by atoms with Crippen molar-refractivity contribution in [3.63, 3.8) is 0 Å². The quantitative estimate of drug-likeness (QED) is 0.357. The minimum absolute atomic E-state index is 0.0536. The van der Waals surface area contributed by atoms with Crippen LogP contribution in [-0.4, -0.2) is 17.0 Å². The first-order valence-electron chi connectivity index (χ1n) is 10.5. The van der Waals surface area contributed by atoms with Crippen LogP contribution in [0.4, 0.5) is 13.2 Å². The lowest BCUT2D eigenvalue weighted by Crippen LogP contribution is -2.41. The topological polar surface area (TPSA) is 3.24 Å². The normalized spacial score (nSPS) is 13.4. The van der Waals surface area contributed by atoms with Crippen molar-refractivity contribution in [3.8, 4) is 0 Å². The highest BCUT2D eigenvalue weighted by molar-refractivity contribution is 7.73. The average molecular weight is 443 g/mol. The van der Waals surface area contributed by atoms with Crippen LogP contribution in [0.15, 0.2) is 84.9 Å². The zero-order valence-electron chi connectivity index (χ0n) is 18.3. The van der Waals surface area contributed by atoms with E-state index in [4.69, 9.17) is 0 Å². The second kappa shape index (κ2) is 9.97. The van der Waals surface area contributed by atoms with Gasteiger partial charge in [-0.25, -0.2) is 0 Å². The summed E-state index contributed by atoms with van der Waals surface area (Å²) in [5.74, 6) is -0.0536. The Morgan fingerprint density at radius 2 is 1.06 bits per heavy atom. The molecule has 0 saturated carbocycles. The van der Waals surface area contributed by atoms with Gasteiger partial charge in [-0.15, -0.1) is 0 Å². The average Bonchev–Trinajstić information content (AvgIpc) is 2.74. The Hall–Kier alpha value is -2.16. The Morgan fingerprint density at radius 3 is 1.42 bits per heavy atom. The van der Waals surface area contributed by atoms with Gasteiger partial charge in [0, 0.05) is 12.1 Å². The highest BCUT2D eigenvalue weighted by Crippen LogP contribution is 2.52.